The monoisotopic (exact) mass is 336 g/mol. The van der Waals surface area contributed by atoms with Gasteiger partial charge in [-0.2, -0.15) is 0 Å². The Bertz CT molecular complexity index is 706. The minimum atomic E-state index is -1.07. The number of likely N-dealkylation sites (N-methyl/N-ethyl adjacent to an activating group) is 1. The lowest BCUT2D eigenvalue weighted by Gasteiger charge is -2.24. The molecule has 0 spiro atoms. The van der Waals surface area contributed by atoms with Crippen molar-refractivity contribution in [1.82, 2.24) is 24.4 Å². The molecule has 1 saturated heterocycles. The van der Waals surface area contributed by atoms with E-state index in [1.807, 2.05) is 7.05 Å². The first kappa shape index (κ1) is 17.0. The number of ether oxygens (including phenoxy) is 1. The predicted molar refractivity (Wildman–Crippen MR) is 88.0 cm³/mol. The van der Waals surface area contributed by atoms with E-state index in [2.05, 4.69) is 33.7 Å². The number of nitrogen functional groups attached to an aromatic ring is 1. The van der Waals surface area contributed by atoms with Crippen LogP contribution in [0.4, 0.5) is 5.82 Å². The molecule has 0 aromatic carbocycles. The summed E-state index contributed by atoms with van der Waals surface area (Å²) >= 11 is 0. The molecule has 132 valence electrons. The van der Waals surface area contributed by atoms with Gasteiger partial charge in [0.2, 0.25) is 0 Å². The zero-order valence-corrected chi connectivity index (χ0v) is 14.1. The number of hydrogen-bond donors (Lipinski definition) is 3. The van der Waals surface area contributed by atoms with Crippen molar-refractivity contribution in [3.8, 4) is 0 Å². The molecule has 3 rings (SSSR count). The largest absolute Gasteiger partial charge is 0.387 e. The average Bonchev–Trinajstić information content (AvgIpc) is 3.04. The highest BCUT2D eigenvalue weighted by Gasteiger charge is 2.44. The third-order valence-corrected chi connectivity index (χ3v) is 4.17. The van der Waals surface area contributed by atoms with Crippen molar-refractivity contribution in [3.05, 3.63) is 12.7 Å². The van der Waals surface area contributed by atoms with Gasteiger partial charge in [0, 0.05) is 13.1 Å². The van der Waals surface area contributed by atoms with Crippen LogP contribution in [-0.4, -0.2) is 73.1 Å². The molecule has 9 heteroatoms. The van der Waals surface area contributed by atoms with Crippen molar-refractivity contribution >= 4 is 17.0 Å². The fourth-order valence-corrected chi connectivity index (χ4v) is 3.17. The van der Waals surface area contributed by atoms with E-state index in [1.165, 1.54) is 12.7 Å². The second kappa shape index (κ2) is 6.60. The summed E-state index contributed by atoms with van der Waals surface area (Å²) in [6.07, 6.45) is -0.489. The normalized spacial score (nSPS) is 27.6. The van der Waals surface area contributed by atoms with Crippen molar-refractivity contribution in [3.63, 3.8) is 0 Å². The molecular formula is C15H24N6O3. The molecule has 4 N–H and O–H groups in total. The van der Waals surface area contributed by atoms with E-state index in [0.29, 0.717) is 23.6 Å². The van der Waals surface area contributed by atoms with E-state index in [1.54, 1.807) is 4.57 Å². The fourth-order valence-electron chi connectivity index (χ4n) is 3.17. The lowest BCUT2D eigenvalue weighted by molar-refractivity contribution is -0.0427. The Balaban J connectivity index is 1.80. The van der Waals surface area contributed by atoms with Gasteiger partial charge in [0.15, 0.2) is 17.7 Å². The Labute approximate surface area is 140 Å². The SMILES string of the molecule is CC(C)CN(C)C[C@H]1O[C@@H](n2cnc3c(N)ncnc32)[C@H](O)[C@@H]1O. The standard InChI is InChI=1S/C15H24N6O3/c1-8(2)4-20(3)5-9-11(22)12(23)15(24-9)21-7-19-10-13(16)17-6-18-14(10)21/h6-9,11-12,15,22-23H,4-5H2,1-3H3,(H2,16,17,18)/t9-,11-,12-,15-/m1/s1. The molecule has 0 unspecified atom stereocenters. The summed E-state index contributed by atoms with van der Waals surface area (Å²) in [7, 11) is 1.97. The van der Waals surface area contributed by atoms with Gasteiger partial charge in [-0.25, -0.2) is 15.0 Å². The number of aliphatic hydroxyl groups is 2. The minimum absolute atomic E-state index is 0.264. The molecule has 1 aliphatic heterocycles. The molecule has 2 aromatic heterocycles. The summed E-state index contributed by atoms with van der Waals surface area (Å²) in [5, 5.41) is 20.7. The topological polar surface area (TPSA) is 123 Å². The molecule has 4 atom stereocenters. The number of rotatable bonds is 5. The van der Waals surface area contributed by atoms with Gasteiger partial charge in [-0.1, -0.05) is 13.8 Å². The molecule has 1 fully saturated rings. The molecular weight excluding hydrogens is 312 g/mol. The van der Waals surface area contributed by atoms with Crippen LogP contribution in [0.1, 0.15) is 20.1 Å². The smallest absolute Gasteiger partial charge is 0.167 e. The first-order valence-corrected chi connectivity index (χ1v) is 8.01. The van der Waals surface area contributed by atoms with E-state index in [4.69, 9.17) is 10.5 Å². The average molecular weight is 336 g/mol. The van der Waals surface area contributed by atoms with Crippen molar-refractivity contribution in [2.75, 3.05) is 25.9 Å². The highest BCUT2D eigenvalue weighted by molar-refractivity contribution is 5.81. The summed E-state index contributed by atoms with van der Waals surface area (Å²) in [6.45, 7) is 5.66. The third kappa shape index (κ3) is 3.07. The lowest BCUT2D eigenvalue weighted by atomic mass is 10.1. The Morgan fingerprint density at radius 1 is 1.29 bits per heavy atom. The number of nitrogens with zero attached hydrogens (tertiary/aromatic N) is 5. The second-order valence-electron chi connectivity index (χ2n) is 6.74. The van der Waals surface area contributed by atoms with Crippen LogP contribution in [0.2, 0.25) is 0 Å². The summed E-state index contributed by atoms with van der Waals surface area (Å²) in [6, 6.07) is 0. The van der Waals surface area contributed by atoms with Crippen molar-refractivity contribution < 1.29 is 14.9 Å². The van der Waals surface area contributed by atoms with Crippen molar-refractivity contribution in [1.29, 1.82) is 0 Å². The Morgan fingerprint density at radius 3 is 2.75 bits per heavy atom. The molecule has 2 aromatic rings. The highest BCUT2D eigenvalue weighted by atomic mass is 16.6. The van der Waals surface area contributed by atoms with E-state index in [9.17, 15) is 10.2 Å². The highest BCUT2D eigenvalue weighted by Crippen LogP contribution is 2.32. The Morgan fingerprint density at radius 2 is 2.04 bits per heavy atom. The molecule has 0 aliphatic carbocycles. The number of anilines is 1. The number of fused-ring (bicyclic) bond motifs is 1. The van der Waals surface area contributed by atoms with Crippen LogP contribution >= 0.6 is 0 Å². The van der Waals surface area contributed by atoms with Gasteiger partial charge in [0.25, 0.3) is 0 Å². The minimum Gasteiger partial charge on any atom is -0.387 e. The molecule has 0 saturated carbocycles. The maximum Gasteiger partial charge on any atom is 0.167 e. The molecule has 24 heavy (non-hydrogen) atoms. The number of imidazole rings is 1. The fraction of sp³-hybridized carbons (Fsp3) is 0.667. The summed E-state index contributed by atoms with van der Waals surface area (Å²) in [5.74, 6) is 0.770. The van der Waals surface area contributed by atoms with Crippen molar-refractivity contribution in [2.24, 2.45) is 5.92 Å². The van der Waals surface area contributed by atoms with Crippen LogP contribution in [0, 0.1) is 5.92 Å². The number of aromatic nitrogens is 4. The van der Waals surface area contributed by atoms with E-state index in [0.717, 1.165) is 6.54 Å². The van der Waals surface area contributed by atoms with Gasteiger partial charge in [-0.05, 0) is 13.0 Å². The molecule has 1 aliphatic rings. The summed E-state index contributed by atoms with van der Waals surface area (Å²) in [4.78, 5) is 14.3. The Hall–Kier alpha value is -1.81. The van der Waals surface area contributed by atoms with Crippen LogP contribution in [0.15, 0.2) is 12.7 Å². The van der Waals surface area contributed by atoms with Gasteiger partial charge in [-0.15, -0.1) is 0 Å². The third-order valence-electron chi connectivity index (χ3n) is 4.17. The van der Waals surface area contributed by atoms with Gasteiger partial charge in [0.05, 0.1) is 6.33 Å². The molecule has 9 nitrogen and oxygen atoms in total. The van der Waals surface area contributed by atoms with Crippen LogP contribution < -0.4 is 5.73 Å². The molecule has 0 bridgehead atoms. The second-order valence-corrected chi connectivity index (χ2v) is 6.74. The first-order valence-electron chi connectivity index (χ1n) is 8.01. The maximum atomic E-state index is 10.4. The van der Waals surface area contributed by atoms with Gasteiger partial charge >= 0.3 is 0 Å². The zero-order valence-electron chi connectivity index (χ0n) is 14.1. The quantitative estimate of drug-likeness (QED) is 0.675. The molecule has 3 heterocycles. The van der Waals surface area contributed by atoms with Crippen LogP contribution in [0.3, 0.4) is 0 Å². The van der Waals surface area contributed by atoms with Crippen LogP contribution in [0.5, 0.6) is 0 Å². The number of hydrogen-bond acceptors (Lipinski definition) is 8. The summed E-state index contributed by atoms with van der Waals surface area (Å²) < 4.78 is 7.50. The maximum absolute atomic E-state index is 10.4. The lowest BCUT2D eigenvalue weighted by Crippen LogP contribution is -2.39. The number of aliphatic hydroxyl groups excluding tert-OH is 2. The number of nitrogens with two attached hydrogens (primary N) is 1. The first-order chi connectivity index (χ1) is 11.4. The van der Waals surface area contributed by atoms with Crippen LogP contribution in [0.25, 0.3) is 11.2 Å². The Kier molecular flexibility index (Phi) is 4.68. The van der Waals surface area contributed by atoms with Gasteiger partial charge < -0.3 is 25.6 Å². The molecule has 0 radical (unpaired) electrons. The molecule has 0 amide bonds. The zero-order chi connectivity index (χ0) is 17.4. The predicted octanol–water partition coefficient (Wildman–Crippen LogP) is -0.384. The van der Waals surface area contributed by atoms with Crippen LogP contribution in [-0.2, 0) is 4.74 Å². The van der Waals surface area contributed by atoms with Gasteiger partial charge in [-0.3, -0.25) is 4.57 Å². The van der Waals surface area contributed by atoms with E-state index >= 15 is 0 Å². The van der Waals surface area contributed by atoms with E-state index < -0.39 is 24.5 Å². The van der Waals surface area contributed by atoms with Gasteiger partial charge in [0.1, 0.15) is 30.2 Å². The van der Waals surface area contributed by atoms with E-state index in [-0.39, 0.29) is 5.82 Å². The van der Waals surface area contributed by atoms with Crippen molar-refractivity contribution in [2.45, 2.75) is 38.4 Å². The summed E-state index contributed by atoms with van der Waals surface area (Å²) in [5.41, 5.74) is 6.70.